The van der Waals surface area contributed by atoms with Crippen molar-refractivity contribution in [3.63, 3.8) is 0 Å². The van der Waals surface area contributed by atoms with Crippen LogP contribution in [0, 0.1) is 11.6 Å². The number of rotatable bonds is 7. The van der Waals surface area contributed by atoms with Crippen LogP contribution in [-0.4, -0.2) is 23.3 Å². The second-order valence-corrected chi connectivity index (χ2v) is 4.86. The molecule has 0 heterocycles. The Morgan fingerprint density at radius 1 is 1.18 bits per heavy atom. The first kappa shape index (κ1) is 14.6. The van der Waals surface area contributed by atoms with Gasteiger partial charge in [0.05, 0.1) is 0 Å². The summed E-state index contributed by atoms with van der Waals surface area (Å²) >= 11 is 3.41. The van der Waals surface area contributed by atoms with Gasteiger partial charge in [-0.3, -0.25) is 4.90 Å². The van der Waals surface area contributed by atoms with E-state index >= 15 is 0 Å². The molecule has 0 radical (unpaired) electrons. The summed E-state index contributed by atoms with van der Waals surface area (Å²) in [5, 5.41) is 0.889. The molecule has 0 unspecified atom stereocenters. The summed E-state index contributed by atoms with van der Waals surface area (Å²) in [6, 6.07) is 4.12. The van der Waals surface area contributed by atoms with Crippen molar-refractivity contribution in [3.8, 4) is 0 Å². The predicted octanol–water partition coefficient (Wildman–Crippen LogP) is 3.96. The Morgan fingerprint density at radius 2 is 1.94 bits per heavy atom. The minimum absolute atomic E-state index is 0.669. The van der Waals surface area contributed by atoms with Crippen LogP contribution in [0.5, 0.6) is 0 Å². The third kappa shape index (κ3) is 5.13. The van der Waals surface area contributed by atoms with E-state index in [1.807, 2.05) is 0 Å². The zero-order valence-corrected chi connectivity index (χ0v) is 11.6. The average molecular weight is 306 g/mol. The molecule has 0 aliphatic carbocycles. The maximum Gasteiger partial charge on any atom is 0.159 e. The normalized spacial score (nSPS) is 11.1. The summed E-state index contributed by atoms with van der Waals surface area (Å²) in [6.07, 6.45) is 2.26. The van der Waals surface area contributed by atoms with E-state index in [9.17, 15) is 8.78 Å². The minimum atomic E-state index is -0.783. The van der Waals surface area contributed by atoms with E-state index in [4.69, 9.17) is 0 Å². The van der Waals surface area contributed by atoms with Gasteiger partial charge in [0.1, 0.15) is 0 Å². The van der Waals surface area contributed by atoms with Crippen LogP contribution in [0.25, 0.3) is 0 Å². The summed E-state index contributed by atoms with van der Waals surface area (Å²) in [5.41, 5.74) is 0.820. The van der Waals surface area contributed by atoms with E-state index in [0.29, 0.717) is 6.54 Å². The van der Waals surface area contributed by atoms with E-state index in [1.54, 1.807) is 6.07 Å². The molecule has 0 amide bonds. The lowest BCUT2D eigenvalue weighted by Crippen LogP contribution is -2.26. The fourth-order valence-corrected chi connectivity index (χ4v) is 2.17. The van der Waals surface area contributed by atoms with Gasteiger partial charge in [0.2, 0.25) is 0 Å². The fourth-order valence-electron chi connectivity index (χ4n) is 1.67. The lowest BCUT2D eigenvalue weighted by Gasteiger charge is -2.21. The fraction of sp³-hybridized carbons (Fsp3) is 0.538. The first-order valence-electron chi connectivity index (χ1n) is 5.89. The topological polar surface area (TPSA) is 3.24 Å². The molecule has 0 aromatic heterocycles. The summed E-state index contributed by atoms with van der Waals surface area (Å²) in [7, 11) is 0. The van der Waals surface area contributed by atoms with E-state index < -0.39 is 11.6 Å². The molecule has 0 bridgehead atoms. The van der Waals surface area contributed by atoms with Gasteiger partial charge in [-0.05, 0) is 30.7 Å². The number of halogens is 3. The molecule has 0 fully saturated rings. The number of unbranched alkanes of at least 4 members (excludes halogenated alkanes) is 1. The highest BCUT2D eigenvalue weighted by Crippen LogP contribution is 2.11. The predicted molar refractivity (Wildman–Crippen MR) is 70.3 cm³/mol. The minimum Gasteiger partial charge on any atom is -0.298 e. The molecule has 0 saturated heterocycles. The SMILES string of the molecule is CCCCN(CCBr)Cc1ccc(F)c(F)c1. The van der Waals surface area contributed by atoms with E-state index in [1.165, 1.54) is 12.1 Å². The summed E-state index contributed by atoms with van der Waals surface area (Å²) < 4.78 is 25.9. The van der Waals surface area contributed by atoms with Crippen LogP contribution in [0.4, 0.5) is 8.78 Å². The molecule has 17 heavy (non-hydrogen) atoms. The molecule has 1 aromatic carbocycles. The highest BCUT2D eigenvalue weighted by Gasteiger charge is 2.07. The molecule has 0 spiro atoms. The van der Waals surface area contributed by atoms with Gasteiger partial charge in [0.15, 0.2) is 11.6 Å². The Hall–Kier alpha value is -0.480. The number of benzene rings is 1. The molecule has 1 aromatic rings. The van der Waals surface area contributed by atoms with E-state index in [-0.39, 0.29) is 0 Å². The van der Waals surface area contributed by atoms with E-state index in [0.717, 1.165) is 36.8 Å². The van der Waals surface area contributed by atoms with Crippen LogP contribution >= 0.6 is 15.9 Å². The Labute approximate surface area is 110 Å². The summed E-state index contributed by atoms with van der Waals surface area (Å²) in [4.78, 5) is 2.24. The van der Waals surface area contributed by atoms with Crippen molar-refractivity contribution in [1.29, 1.82) is 0 Å². The molecule has 1 nitrogen and oxygen atoms in total. The van der Waals surface area contributed by atoms with Crippen molar-refractivity contribution < 1.29 is 8.78 Å². The molecule has 0 saturated carbocycles. The van der Waals surface area contributed by atoms with Gasteiger partial charge < -0.3 is 0 Å². The monoisotopic (exact) mass is 305 g/mol. The molecule has 0 aliphatic rings. The van der Waals surface area contributed by atoms with Gasteiger partial charge in [-0.1, -0.05) is 35.3 Å². The molecular formula is C13H18BrF2N. The molecule has 0 aliphatic heterocycles. The first-order valence-corrected chi connectivity index (χ1v) is 7.01. The molecule has 0 atom stereocenters. The van der Waals surface area contributed by atoms with Crippen LogP contribution in [0.2, 0.25) is 0 Å². The standard InChI is InChI=1S/C13H18BrF2N/c1-2-3-7-17(8-6-14)10-11-4-5-12(15)13(16)9-11/h4-5,9H,2-3,6-8,10H2,1H3. The van der Waals surface area contributed by atoms with Gasteiger partial charge in [-0.2, -0.15) is 0 Å². The molecule has 0 N–H and O–H groups in total. The van der Waals surface area contributed by atoms with Crippen LogP contribution in [0.15, 0.2) is 18.2 Å². The molecule has 96 valence electrons. The molecule has 1 rings (SSSR count). The Kier molecular flexibility index (Phi) is 6.66. The van der Waals surface area contributed by atoms with Gasteiger partial charge >= 0.3 is 0 Å². The number of alkyl halides is 1. The third-order valence-electron chi connectivity index (χ3n) is 2.62. The second kappa shape index (κ2) is 7.77. The smallest absolute Gasteiger partial charge is 0.159 e. The zero-order chi connectivity index (χ0) is 12.7. The van der Waals surface area contributed by atoms with E-state index in [2.05, 4.69) is 27.8 Å². The summed E-state index contributed by atoms with van der Waals surface area (Å²) in [5.74, 6) is -1.55. The van der Waals surface area contributed by atoms with Crippen molar-refractivity contribution >= 4 is 15.9 Å². The highest BCUT2D eigenvalue weighted by molar-refractivity contribution is 9.09. The van der Waals surface area contributed by atoms with Gasteiger partial charge in [-0.15, -0.1) is 0 Å². The first-order chi connectivity index (χ1) is 8.17. The van der Waals surface area contributed by atoms with Gasteiger partial charge in [0, 0.05) is 18.4 Å². The van der Waals surface area contributed by atoms with Crippen molar-refractivity contribution in [2.24, 2.45) is 0 Å². The maximum atomic E-state index is 13.1. The van der Waals surface area contributed by atoms with Crippen LogP contribution in [0.3, 0.4) is 0 Å². The maximum absolute atomic E-state index is 13.1. The van der Waals surface area contributed by atoms with Crippen LogP contribution in [-0.2, 0) is 6.54 Å². The number of hydrogen-bond donors (Lipinski definition) is 0. The van der Waals surface area contributed by atoms with Crippen molar-refractivity contribution in [2.75, 3.05) is 18.4 Å². The Balaban J connectivity index is 2.61. The quantitative estimate of drug-likeness (QED) is 0.689. The Morgan fingerprint density at radius 3 is 2.53 bits per heavy atom. The average Bonchev–Trinajstić information content (AvgIpc) is 2.31. The van der Waals surface area contributed by atoms with Crippen LogP contribution in [0.1, 0.15) is 25.3 Å². The number of hydrogen-bond acceptors (Lipinski definition) is 1. The lowest BCUT2D eigenvalue weighted by molar-refractivity contribution is 0.278. The number of nitrogens with zero attached hydrogens (tertiary/aromatic N) is 1. The van der Waals surface area contributed by atoms with Gasteiger partial charge in [0.25, 0.3) is 0 Å². The lowest BCUT2D eigenvalue weighted by atomic mass is 10.2. The zero-order valence-electron chi connectivity index (χ0n) is 10.1. The highest BCUT2D eigenvalue weighted by atomic mass is 79.9. The van der Waals surface area contributed by atoms with Crippen LogP contribution < -0.4 is 0 Å². The molecule has 4 heteroatoms. The molecular weight excluding hydrogens is 288 g/mol. The largest absolute Gasteiger partial charge is 0.298 e. The van der Waals surface area contributed by atoms with Crippen molar-refractivity contribution in [2.45, 2.75) is 26.3 Å². The Bertz CT molecular complexity index is 344. The summed E-state index contributed by atoms with van der Waals surface area (Å²) in [6.45, 7) is 4.72. The van der Waals surface area contributed by atoms with Crippen molar-refractivity contribution in [3.05, 3.63) is 35.4 Å². The van der Waals surface area contributed by atoms with Crippen molar-refractivity contribution in [1.82, 2.24) is 4.90 Å². The second-order valence-electron chi connectivity index (χ2n) is 4.07. The van der Waals surface area contributed by atoms with Gasteiger partial charge in [-0.25, -0.2) is 8.78 Å². The third-order valence-corrected chi connectivity index (χ3v) is 2.97.